The Labute approximate surface area is 182 Å². The summed E-state index contributed by atoms with van der Waals surface area (Å²) in [5.41, 5.74) is -1.13. The molecular formula is C20H25F3N6O3. The fourth-order valence-corrected chi connectivity index (χ4v) is 3.52. The predicted molar refractivity (Wildman–Crippen MR) is 108 cm³/mol. The van der Waals surface area contributed by atoms with Crippen molar-refractivity contribution in [2.24, 2.45) is 0 Å². The van der Waals surface area contributed by atoms with Crippen LogP contribution in [0, 0.1) is 0 Å². The number of nitrogens with zero attached hydrogens (tertiary/aromatic N) is 6. The van der Waals surface area contributed by atoms with E-state index in [0.29, 0.717) is 31.6 Å². The third-order valence-electron chi connectivity index (χ3n) is 5.40. The molecule has 1 N–H and O–H groups in total. The van der Waals surface area contributed by atoms with E-state index < -0.39 is 23.6 Å². The van der Waals surface area contributed by atoms with Crippen LogP contribution in [-0.2, 0) is 10.9 Å². The average Bonchev–Trinajstić information content (AvgIpc) is 3.07. The number of hydrogen-bond acceptors (Lipinski definition) is 7. The van der Waals surface area contributed by atoms with Crippen LogP contribution in [0.4, 0.5) is 23.9 Å². The molecule has 9 nitrogen and oxygen atoms in total. The van der Waals surface area contributed by atoms with E-state index >= 15 is 0 Å². The van der Waals surface area contributed by atoms with Crippen LogP contribution in [0.2, 0.25) is 0 Å². The topological polar surface area (TPSA) is 96.6 Å². The molecule has 4 rings (SSSR count). The highest BCUT2D eigenvalue weighted by atomic mass is 19.4. The number of carbonyl (C=O) groups is 1. The molecule has 1 atom stereocenters. The summed E-state index contributed by atoms with van der Waals surface area (Å²) >= 11 is 0. The van der Waals surface area contributed by atoms with Gasteiger partial charge in [0.25, 0.3) is 0 Å². The molecule has 32 heavy (non-hydrogen) atoms. The summed E-state index contributed by atoms with van der Waals surface area (Å²) < 4.78 is 47.2. The smallest absolute Gasteiger partial charge is 0.433 e. The highest BCUT2D eigenvalue weighted by Gasteiger charge is 2.38. The van der Waals surface area contributed by atoms with Gasteiger partial charge < -0.3 is 19.6 Å². The number of carbonyl (C=O) groups excluding carboxylic acids is 1. The molecule has 174 valence electrons. The van der Waals surface area contributed by atoms with E-state index in [1.165, 1.54) is 6.20 Å². The van der Waals surface area contributed by atoms with Gasteiger partial charge in [0.15, 0.2) is 5.69 Å². The summed E-state index contributed by atoms with van der Waals surface area (Å²) in [6, 6.07) is 0.503. The van der Waals surface area contributed by atoms with Crippen molar-refractivity contribution in [3.8, 4) is 11.3 Å². The maximum atomic E-state index is 13.4. The van der Waals surface area contributed by atoms with E-state index in [1.54, 1.807) is 41.4 Å². The van der Waals surface area contributed by atoms with Crippen LogP contribution < -0.4 is 4.90 Å². The number of aliphatic hydroxyl groups excluding tert-OH is 1. The van der Waals surface area contributed by atoms with Crippen molar-refractivity contribution in [2.75, 3.05) is 31.1 Å². The maximum Gasteiger partial charge on any atom is 0.433 e. The van der Waals surface area contributed by atoms with Gasteiger partial charge in [0, 0.05) is 31.4 Å². The Morgan fingerprint density at radius 3 is 2.53 bits per heavy atom. The summed E-state index contributed by atoms with van der Waals surface area (Å²) in [5, 5.41) is 13.6. The van der Waals surface area contributed by atoms with Crippen LogP contribution >= 0.6 is 0 Å². The second kappa shape index (κ2) is 7.91. The van der Waals surface area contributed by atoms with E-state index in [2.05, 4.69) is 15.1 Å². The Kier molecular flexibility index (Phi) is 5.51. The van der Waals surface area contributed by atoms with Crippen molar-refractivity contribution >= 4 is 12.0 Å². The zero-order valence-corrected chi connectivity index (χ0v) is 18.0. The molecule has 0 saturated carbocycles. The van der Waals surface area contributed by atoms with Crippen LogP contribution in [0.25, 0.3) is 11.3 Å². The first-order chi connectivity index (χ1) is 14.9. The molecule has 0 spiro atoms. The quantitative estimate of drug-likeness (QED) is 0.759. The third-order valence-corrected chi connectivity index (χ3v) is 5.40. The van der Waals surface area contributed by atoms with Crippen molar-refractivity contribution in [2.45, 2.75) is 51.1 Å². The Morgan fingerprint density at radius 1 is 1.25 bits per heavy atom. The van der Waals surface area contributed by atoms with Crippen LogP contribution in [-0.4, -0.2) is 73.7 Å². The summed E-state index contributed by atoms with van der Waals surface area (Å²) in [7, 11) is 0. The first-order valence-electron chi connectivity index (χ1n) is 10.3. The summed E-state index contributed by atoms with van der Waals surface area (Å²) in [5.74, 6) is -0.0624. The van der Waals surface area contributed by atoms with E-state index in [9.17, 15) is 23.1 Å². The lowest BCUT2D eigenvalue weighted by molar-refractivity contribution is -0.141. The van der Waals surface area contributed by atoms with Gasteiger partial charge in [-0.15, -0.1) is 0 Å². The van der Waals surface area contributed by atoms with Gasteiger partial charge in [-0.3, -0.25) is 4.68 Å². The number of hydrogen-bond donors (Lipinski definition) is 1. The highest BCUT2D eigenvalue weighted by Crippen LogP contribution is 2.34. The van der Waals surface area contributed by atoms with Gasteiger partial charge in [0.2, 0.25) is 5.95 Å². The summed E-state index contributed by atoms with van der Waals surface area (Å²) in [6.45, 7) is 6.45. The van der Waals surface area contributed by atoms with Crippen molar-refractivity contribution in [3.05, 3.63) is 24.2 Å². The average molecular weight is 454 g/mol. The molecule has 0 aliphatic carbocycles. The molecule has 0 unspecified atom stereocenters. The number of aromatic nitrogens is 4. The lowest BCUT2D eigenvalue weighted by atomic mass is 10.1. The molecular weight excluding hydrogens is 429 g/mol. The minimum atomic E-state index is -4.64. The van der Waals surface area contributed by atoms with Crippen LogP contribution in [0.3, 0.4) is 0 Å². The first-order valence-corrected chi connectivity index (χ1v) is 10.3. The van der Waals surface area contributed by atoms with E-state index in [1.807, 2.05) is 0 Å². The number of likely N-dealkylation sites (tertiary alicyclic amines) is 1. The lowest BCUT2D eigenvalue weighted by Gasteiger charge is -2.40. The van der Waals surface area contributed by atoms with E-state index in [4.69, 9.17) is 4.74 Å². The number of alkyl halides is 3. The van der Waals surface area contributed by atoms with Gasteiger partial charge in [-0.2, -0.15) is 18.3 Å². The molecule has 2 aliphatic heterocycles. The van der Waals surface area contributed by atoms with Gasteiger partial charge in [0.1, 0.15) is 5.60 Å². The normalized spacial score (nSPS) is 19.5. The zero-order valence-electron chi connectivity index (χ0n) is 18.0. The largest absolute Gasteiger partial charge is 0.444 e. The van der Waals surface area contributed by atoms with Gasteiger partial charge in [-0.25, -0.2) is 14.8 Å². The third kappa shape index (κ3) is 4.50. The Morgan fingerprint density at radius 2 is 1.97 bits per heavy atom. The van der Waals surface area contributed by atoms with E-state index in [-0.39, 0.29) is 30.3 Å². The van der Waals surface area contributed by atoms with Crippen molar-refractivity contribution in [3.63, 3.8) is 0 Å². The Bertz CT molecular complexity index is 995. The fraction of sp³-hybridized carbons (Fsp3) is 0.600. The van der Waals surface area contributed by atoms with Crippen molar-refractivity contribution < 1.29 is 27.8 Å². The monoisotopic (exact) mass is 454 g/mol. The fourth-order valence-electron chi connectivity index (χ4n) is 3.52. The number of aliphatic hydroxyl groups is 1. The number of anilines is 1. The molecule has 4 heterocycles. The zero-order chi connectivity index (χ0) is 23.3. The minimum absolute atomic E-state index is 0.0624. The summed E-state index contributed by atoms with van der Waals surface area (Å²) in [4.78, 5) is 23.2. The molecule has 2 fully saturated rings. The molecule has 2 aliphatic rings. The molecule has 2 aromatic rings. The van der Waals surface area contributed by atoms with Crippen LogP contribution in [0.5, 0.6) is 0 Å². The summed E-state index contributed by atoms with van der Waals surface area (Å²) in [6.07, 6.45) is -1.32. The standard InChI is InChI=1S/C20H25F3N6O3/c1-19(2,3)32-18(31)27-9-14(10-27)29-8-12(7-24-29)15-6-16(20(21,22)23)26-17(25-15)28-5-4-13(28)11-30/h6-8,13-14,30H,4-5,9-11H2,1-3H3/t13-/m1/s1. The van der Waals surface area contributed by atoms with E-state index in [0.717, 1.165) is 6.07 Å². The first kappa shape index (κ1) is 22.3. The SMILES string of the molecule is CC(C)(C)OC(=O)N1CC(n2cc(-c3cc(C(F)(F)F)nc(N4CC[C@@H]4CO)n3)cn2)C1. The Hall–Kier alpha value is -2.89. The second-order valence-corrected chi connectivity index (χ2v) is 9.00. The predicted octanol–water partition coefficient (Wildman–Crippen LogP) is 2.72. The van der Waals surface area contributed by atoms with Gasteiger partial charge >= 0.3 is 12.3 Å². The highest BCUT2D eigenvalue weighted by molar-refractivity contribution is 5.69. The van der Waals surface area contributed by atoms with Gasteiger partial charge in [-0.1, -0.05) is 0 Å². The second-order valence-electron chi connectivity index (χ2n) is 9.00. The molecule has 0 radical (unpaired) electrons. The van der Waals surface area contributed by atoms with Crippen molar-refractivity contribution in [1.82, 2.24) is 24.6 Å². The molecule has 0 aromatic carbocycles. The molecule has 1 amide bonds. The van der Waals surface area contributed by atoms with Gasteiger partial charge in [-0.05, 0) is 33.3 Å². The number of amides is 1. The minimum Gasteiger partial charge on any atom is -0.444 e. The number of ether oxygens (including phenoxy) is 1. The van der Waals surface area contributed by atoms with Crippen molar-refractivity contribution in [1.29, 1.82) is 0 Å². The Balaban J connectivity index is 1.52. The maximum absolute atomic E-state index is 13.4. The lowest BCUT2D eigenvalue weighted by Crippen LogP contribution is -2.52. The van der Waals surface area contributed by atoms with Gasteiger partial charge in [0.05, 0.1) is 30.6 Å². The molecule has 0 bridgehead atoms. The molecule has 2 saturated heterocycles. The molecule has 12 heteroatoms. The van der Waals surface area contributed by atoms with Crippen LogP contribution in [0.15, 0.2) is 18.5 Å². The van der Waals surface area contributed by atoms with Crippen LogP contribution in [0.1, 0.15) is 38.9 Å². The number of rotatable bonds is 4. The number of halogens is 3. The molecule has 2 aromatic heterocycles.